The van der Waals surface area contributed by atoms with Crippen molar-refractivity contribution in [2.45, 2.75) is 6.10 Å². The summed E-state index contributed by atoms with van der Waals surface area (Å²) in [5, 5.41) is 12.1. The lowest BCUT2D eigenvalue weighted by molar-refractivity contribution is 0.0281. The Balaban J connectivity index is 2.31. The molecule has 0 aromatic heterocycles. The first kappa shape index (κ1) is 9.97. The summed E-state index contributed by atoms with van der Waals surface area (Å²) in [6.07, 6.45) is -0.0351. The topological polar surface area (TPSA) is 71.1 Å². The molecule has 4 nitrogen and oxygen atoms in total. The molecule has 1 aliphatic heterocycles. The number of hydrogen-bond acceptors (Lipinski definition) is 4. The number of hydrogen-bond donors (Lipinski definition) is 2. The van der Waals surface area contributed by atoms with Gasteiger partial charge in [-0.15, -0.1) is 0 Å². The van der Waals surface area contributed by atoms with Crippen molar-refractivity contribution >= 4 is 5.69 Å². The number of ether oxygens (including phenoxy) is 1. The predicted octanol–water partition coefficient (Wildman–Crippen LogP) is 0.801. The molecule has 78 valence electrons. The van der Waals surface area contributed by atoms with Gasteiger partial charge in [0.15, 0.2) is 0 Å². The quantitative estimate of drug-likeness (QED) is 0.662. The standard InChI is InChI=1S/C11H13N3O/c12-6-8-2-1-3-9(11(8)13)10-7-14-4-5-15-10/h1-3,10,14H,4-5,7,13H2. The Bertz CT molecular complexity index is 391. The van der Waals surface area contributed by atoms with E-state index in [2.05, 4.69) is 11.4 Å². The number of nitrogens with two attached hydrogens (primary N) is 1. The molecule has 0 spiro atoms. The first-order valence-corrected chi connectivity index (χ1v) is 4.93. The van der Waals surface area contributed by atoms with Gasteiger partial charge < -0.3 is 15.8 Å². The van der Waals surface area contributed by atoms with Crippen molar-refractivity contribution in [2.75, 3.05) is 25.4 Å². The Morgan fingerprint density at radius 3 is 3.07 bits per heavy atom. The van der Waals surface area contributed by atoms with Crippen LogP contribution < -0.4 is 11.1 Å². The zero-order valence-corrected chi connectivity index (χ0v) is 8.36. The molecule has 1 saturated heterocycles. The SMILES string of the molecule is N#Cc1cccc(C2CNCCO2)c1N. The molecule has 1 aromatic rings. The largest absolute Gasteiger partial charge is 0.397 e. The summed E-state index contributed by atoms with van der Waals surface area (Å²) in [7, 11) is 0. The molecule has 0 aliphatic carbocycles. The highest BCUT2D eigenvalue weighted by Gasteiger charge is 2.18. The van der Waals surface area contributed by atoms with Gasteiger partial charge in [-0.3, -0.25) is 0 Å². The first-order valence-electron chi connectivity index (χ1n) is 4.93. The summed E-state index contributed by atoms with van der Waals surface area (Å²) < 4.78 is 5.59. The number of benzene rings is 1. The van der Waals surface area contributed by atoms with Gasteiger partial charge in [-0.05, 0) is 6.07 Å². The number of nitrogens with one attached hydrogen (secondary N) is 1. The zero-order chi connectivity index (χ0) is 10.7. The van der Waals surface area contributed by atoms with E-state index in [0.717, 1.165) is 18.7 Å². The van der Waals surface area contributed by atoms with Crippen LogP contribution in [0.1, 0.15) is 17.2 Å². The summed E-state index contributed by atoms with van der Waals surface area (Å²) >= 11 is 0. The van der Waals surface area contributed by atoms with Gasteiger partial charge in [0.05, 0.1) is 24.0 Å². The summed E-state index contributed by atoms with van der Waals surface area (Å²) in [6, 6.07) is 7.54. The van der Waals surface area contributed by atoms with Crippen LogP contribution in [0, 0.1) is 11.3 Å². The third kappa shape index (κ3) is 1.94. The highest BCUT2D eigenvalue weighted by atomic mass is 16.5. The van der Waals surface area contributed by atoms with Crippen LogP contribution in [0.15, 0.2) is 18.2 Å². The number of rotatable bonds is 1. The maximum atomic E-state index is 8.85. The number of nitrogen functional groups attached to an aromatic ring is 1. The van der Waals surface area contributed by atoms with E-state index in [4.69, 9.17) is 15.7 Å². The predicted molar refractivity (Wildman–Crippen MR) is 57.1 cm³/mol. The Kier molecular flexibility index (Phi) is 2.86. The third-order valence-electron chi connectivity index (χ3n) is 2.53. The second-order valence-corrected chi connectivity index (χ2v) is 3.48. The minimum absolute atomic E-state index is 0.0351. The molecule has 1 unspecified atom stereocenters. The van der Waals surface area contributed by atoms with Crippen molar-refractivity contribution in [1.82, 2.24) is 5.32 Å². The summed E-state index contributed by atoms with van der Waals surface area (Å²) in [5.74, 6) is 0. The second kappa shape index (κ2) is 4.30. The Hall–Kier alpha value is -1.57. The van der Waals surface area contributed by atoms with Gasteiger partial charge in [0.1, 0.15) is 6.07 Å². The number of nitrogens with zero attached hydrogens (tertiary/aromatic N) is 1. The van der Waals surface area contributed by atoms with Gasteiger partial charge >= 0.3 is 0 Å². The van der Waals surface area contributed by atoms with Crippen molar-refractivity contribution in [3.63, 3.8) is 0 Å². The van der Waals surface area contributed by atoms with Crippen LogP contribution in [0.3, 0.4) is 0 Å². The molecule has 4 heteroatoms. The molecule has 0 bridgehead atoms. The minimum atomic E-state index is -0.0351. The monoisotopic (exact) mass is 203 g/mol. The van der Waals surface area contributed by atoms with Crippen LogP contribution in [-0.4, -0.2) is 19.7 Å². The number of nitriles is 1. The molecule has 15 heavy (non-hydrogen) atoms. The fraction of sp³-hybridized carbons (Fsp3) is 0.364. The Labute approximate surface area is 88.6 Å². The molecule has 1 aliphatic rings. The van der Waals surface area contributed by atoms with Crippen LogP contribution in [0.2, 0.25) is 0 Å². The van der Waals surface area contributed by atoms with Crippen molar-refractivity contribution in [3.8, 4) is 6.07 Å². The molecule has 0 radical (unpaired) electrons. The second-order valence-electron chi connectivity index (χ2n) is 3.48. The average molecular weight is 203 g/mol. The van der Waals surface area contributed by atoms with E-state index in [0.29, 0.717) is 17.9 Å². The fourth-order valence-electron chi connectivity index (χ4n) is 1.73. The van der Waals surface area contributed by atoms with E-state index in [1.807, 2.05) is 12.1 Å². The molecule has 1 heterocycles. The summed E-state index contributed by atoms with van der Waals surface area (Å²) in [6.45, 7) is 2.30. The van der Waals surface area contributed by atoms with E-state index in [1.54, 1.807) is 6.07 Å². The molecule has 0 saturated carbocycles. The van der Waals surface area contributed by atoms with Crippen LogP contribution in [0.5, 0.6) is 0 Å². The summed E-state index contributed by atoms with van der Waals surface area (Å²) in [4.78, 5) is 0. The molecule has 0 amide bonds. The van der Waals surface area contributed by atoms with Crippen molar-refractivity contribution < 1.29 is 4.74 Å². The first-order chi connectivity index (χ1) is 7.33. The van der Waals surface area contributed by atoms with Gasteiger partial charge in [-0.25, -0.2) is 0 Å². The van der Waals surface area contributed by atoms with Gasteiger partial charge in [0, 0.05) is 18.7 Å². The fourth-order valence-corrected chi connectivity index (χ4v) is 1.73. The Morgan fingerprint density at radius 1 is 1.53 bits per heavy atom. The van der Waals surface area contributed by atoms with E-state index in [-0.39, 0.29) is 6.10 Å². The molecular weight excluding hydrogens is 190 g/mol. The maximum absolute atomic E-state index is 8.85. The third-order valence-corrected chi connectivity index (χ3v) is 2.53. The minimum Gasteiger partial charge on any atom is -0.397 e. The highest BCUT2D eigenvalue weighted by molar-refractivity contribution is 5.60. The summed E-state index contributed by atoms with van der Waals surface area (Å²) in [5.41, 5.74) is 7.85. The van der Waals surface area contributed by atoms with Gasteiger partial charge in [0.2, 0.25) is 0 Å². The number of morpholine rings is 1. The zero-order valence-electron chi connectivity index (χ0n) is 8.36. The van der Waals surface area contributed by atoms with Crippen molar-refractivity contribution in [2.24, 2.45) is 0 Å². The smallest absolute Gasteiger partial charge is 0.101 e. The maximum Gasteiger partial charge on any atom is 0.101 e. The lowest BCUT2D eigenvalue weighted by Crippen LogP contribution is -2.33. The van der Waals surface area contributed by atoms with Crippen LogP contribution >= 0.6 is 0 Å². The lowest BCUT2D eigenvalue weighted by Gasteiger charge is -2.25. The average Bonchev–Trinajstić information content (AvgIpc) is 2.30. The molecule has 2 rings (SSSR count). The van der Waals surface area contributed by atoms with Crippen LogP contribution in [-0.2, 0) is 4.74 Å². The Morgan fingerprint density at radius 2 is 2.40 bits per heavy atom. The van der Waals surface area contributed by atoms with Gasteiger partial charge in [0.25, 0.3) is 0 Å². The van der Waals surface area contributed by atoms with E-state index < -0.39 is 0 Å². The van der Waals surface area contributed by atoms with Crippen LogP contribution in [0.25, 0.3) is 0 Å². The highest BCUT2D eigenvalue weighted by Crippen LogP contribution is 2.26. The van der Waals surface area contributed by atoms with E-state index in [1.165, 1.54) is 0 Å². The van der Waals surface area contributed by atoms with Gasteiger partial charge in [-0.1, -0.05) is 12.1 Å². The van der Waals surface area contributed by atoms with Crippen molar-refractivity contribution in [3.05, 3.63) is 29.3 Å². The molecule has 3 N–H and O–H groups in total. The molecular formula is C11H13N3O. The lowest BCUT2D eigenvalue weighted by atomic mass is 10.0. The number of para-hydroxylation sites is 1. The van der Waals surface area contributed by atoms with Gasteiger partial charge in [-0.2, -0.15) is 5.26 Å². The van der Waals surface area contributed by atoms with Crippen LogP contribution in [0.4, 0.5) is 5.69 Å². The molecule has 1 aromatic carbocycles. The normalized spacial score (nSPS) is 20.9. The number of anilines is 1. The molecule has 1 atom stereocenters. The van der Waals surface area contributed by atoms with E-state index in [9.17, 15) is 0 Å². The van der Waals surface area contributed by atoms with E-state index >= 15 is 0 Å². The van der Waals surface area contributed by atoms with Crippen molar-refractivity contribution in [1.29, 1.82) is 5.26 Å². The molecule has 1 fully saturated rings.